The molecule has 0 heterocycles. The molecule has 1 rings (SSSR count). The van der Waals surface area contributed by atoms with E-state index in [0.717, 1.165) is 0 Å². The standard InChI is InChI=1S/C12H16ClNO4/c1-16-9-5-10(17-2)7-11(6-9)18-4-3-14-12(15)8-13/h5-7H,3-4,8H2,1-2H3,(H,14,15). The van der Waals surface area contributed by atoms with Crippen LogP contribution in [0.15, 0.2) is 18.2 Å². The number of ether oxygens (including phenoxy) is 3. The summed E-state index contributed by atoms with van der Waals surface area (Å²) in [7, 11) is 3.14. The lowest BCUT2D eigenvalue weighted by Gasteiger charge is -2.10. The van der Waals surface area contributed by atoms with E-state index < -0.39 is 0 Å². The highest BCUT2D eigenvalue weighted by Gasteiger charge is 2.03. The van der Waals surface area contributed by atoms with Crippen molar-refractivity contribution in [3.05, 3.63) is 18.2 Å². The van der Waals surface area contributed by atoms with Crippen molar-refractivity contribution in [1.82, 2.24) is 5.32 Å². The summed E-state index contributed by atoms with van der Waals surface area (Å²) < 4.78 is 15.7. The van der Waals surface area contributed by atoms with Gasteiger partial charge in [-0.2, -0.15) is 0 Å². The lowest BCUT2D eigenvalue weighted by Crippen LogP contribution is -2.28. The first-order valence-electron chi connectivity index (χ1n) is 5.38. The summed E-state index contributed by atoms with van der Waals surface area (Å²) in [5.74, 6) is 1.64. The molecule has 0 saturated heterocycles. The van der Waals surface area contributed by atoms with Crippen LogP contribution in [0.1, 0.15) is 0 Å². The van der Waals surface area contributed by atoms with Gasteiger partial charge in [0.1, 0.15) is 29.7 Å². The zero-order valence-corrected chi connectivity index (χ0v) is 11.1. The molecule has 0 aliphatic carbocycles. The van der Waals surface area contributed by atoms with Gasteiger partial charge in [-0.15, -0.1) is 11.6 Å². The van der Waals surface area contributed by atoms with Crippen LogP contribution in [0.5, 0.6) is 17.2 Å². The molecular weight excluding hydrogens is 258 g/mol. The first-order chi connectivity index (χ1) is 8.69. The largest absolute Gasteiger partial charge is 0.496 e. The molecule has 1 aromatic carbocycles. The topological polar surface area (TPSA) is 56.8 Å². The van der Waals surface area contributed by atoms with Gasteiger partial charge >= 0.3 is 0 Å². The number of carbonyl (C=O) groups excluding carboxylic acids is 1. The minimum Gasteiger partial charge on any atom is -0.496 e. The smallest absolute Gasteiger partial charge is 0.235 e. The molecule has 0 aromatic heterocycles. The molecule has 0 bridgehead atoms. The summed E-state index contributed by atoms with van der Waals surface area (Å²) in [6.07, 6.45) is 0. The Hall–Kier alpha value is -1.62. The Kier molecular flexibility index (Phi) is 6.14. The quantitative estimate of drug-likeness (QED) is 0.603. The monoisotopic (exact) mass is 273 g/mol. The third-order valence-electron chi connectivity index (χ3n) is 2.14. The van der Waals surface area contributed by atoms with Crippen LogP contribution in [0.3, 0.4) is 0 Å². The van der Waals surface area contributed by atoms with Gasteiger partial charge in [-0.25, -0.2) is 0 Å². The normalized spacial score (nSPS) is 9.72. The predicted octanol–water partition coefficient (Wildman–Crippen LogP) is 1.44. The second kappa shape index (κ2) is 7.66. The molecule has 18 heavy (non-hydrogen) atoms. The number of benzene rings is 1. The molecule has 0 unspecified atom stereocenters. The molecule has 0 atom stereocenters. The summed E-state index contributed by atoms with van der Waals surface area (Å²) >= 11 is 5.34. The number of nitrogens with one attached hydrogen (secondary N) is 1. The van der Waals surface area contributed by atoms with E-state index in [2.05, 4.69) is 5.32 Å². The van der Waals surface area contributed by atoms with E-state index in [1.807, 2.05) is 0 Å². The summed E-state index contributed by atoms with van der Waals surface area (Å²) in [5, 5.41) is 2.60. The van der Waals surface area contributed by atoms with Crippen LogP contribution in [0, 0.1) is 0 Å². The predicted molar refractivity (Wildman–Crippen MR) is 68.8 cm³/mol. The highest BCUT2D eigenvalue weighted by Crippen LogP contribution is 2.27. The Morgan fingerprint density at radius 1 is 1.17 bits per heavy atom. The SMILES string of the molecule is COc1cc(OC)cc(OCCNC(=O)CCl)c1. The van der Waals surface area contributed by atoms with Crippen LogP contribution >= 0.6 is 11.6 Å². The number of hydrogen-bond acceptors (Lipinski definition) is 4. The van der Waals surface area contributed by atoms with Gasteiger partial charge in [0.2, 0.25) is 5.91 Å². The van der Waals surface area contributed by atoms with E-state index >= 15 is 0 Å². The van der Waals surface area contributed by atoms with Crippen LogP contribution in [0.4, 0.5) is 0 Å². The van der Waals surface area contributed by atoms with E-state index in [0.29, 0.717) is 30.4 Å². The number of hydrogen-bond donors (Lipinski definition) is 1. The molecule has 0 aliphatic heterocycles. The van der Waals surface area contributed by atoms with Gasteiger partial charge in [-0.05, 0) is 0 Å². The average molecular weight is 274 g/mol. The Morgan fingerprint density at radius 2 is 1.72 bits per heavy atom. The number of carbonyl (C=O) groups is 1. The van der Waals surface area contributed by atoms with Gasteiger partial charge in [-0.3, -0.25) is 4.79 Å². The van der Waals surface area contributed by atoms with E-state index in [1.54, 1.807) is 32.4 Å². The maximum absolute atomic E-state index is 10.9. The molecule has 0 aliphatic rings. The Bertz CT molecular complexity index is 375. The van der Waals surface area contributed by atoms with Crippen molar-refractivity contribution < 1.29 is 19.0 Å². The molecular formula is C12H16ClNO4. The molecule has 6 heteroatoms. The molecule has 0 radical (unpaired) electrons. The summed E-state index contributed by atoms with van der Waals surface area (Å²) in [6.45, 7) is 0.740. The Labute approximate surface area is 111 Å². The summed E-state index contributed by atoms with van der Waals surface area (Å²) in [6, 6.07) is 5.24. The Balaban J connectivity index is 2.48. The van der Waals surface area contributed by atoms with Crippen molar-refractivity contribution in [2.75, 3.05) is 33.3 Å². The van der Waals surface area contributed by atoms with Crippen molar-refractivity contribution >= 4 is 17.5 Å². The van der Waals surface area contributed by atoms with Crippen molar-refractivity contribution in [1.29, 1.82) is 0 Å². The lowest BCUT2D eigenvalue weighted by atomic mass is 10.3. The average Bonchev–Trinajstić information content (AvgIpc) is 2.42. The third kappa shape index (κ3) is 4.71. The second-order valence-electron chi connectivity index (χ2n) is 3.38. The van der Waals surface area contributed by atoms with Crippen molar-refractivity contribution in [2.24, 2.45) is 0 Å². The molecule has 0 spiro atoms. The van der Waals surface area contributed by atoms with Crippen LogP contribution in [0.2, 0.25) is 0 Å². The van der Waals surface area contributed by atoms with Gasteiger partial charge in [0.05, 0.1) is 20.8 Å². The van der Waals surface area contributed by atoms with E-state index in [9.17, 15) is 4.79 Å². The molecule has 1 N–H and O–H groups in total. The summed E-state index contributed by atoms with van der Waals surface area (Å²) in [4.78, 5) is 10.9. The molecule has 5 nitrogen and oxygen atoms in total. The summed E-state index contributed by atoms with van der Waals surface area (Å²) in [5.41, 5.74) is 0. The van der Waals surface area contributed by atoms with Crippen LogP contribution in [0.25, 0.3) is 0 Å². The van der Waals surface area contributed by atoms with Gasteiger partial charge < -0.3 is 19.5 Å². The number of halogens is 1. The molecule has 1 amide bonds. The minimum atomic E-state index is -0.219. The van der Waals surface area contributed by atoms with E-state index in [1.165, 1.54) is 0 Å². The molecule has 0 saturated carbocycles. The third-order valence-corrected chi connectivity index (χ3v) is 2.38. The van der Waals surface area contributed by atoms with E-state index in [4.69, 9.17) is 25.8 Å². The van der Waals surface area contributed by atoms with E-state index in [-0.39, 0.29) is 11.8 Å². The molecule has 1 aromatic rings. The number of amides is 1. The Morgan fingerprint density at radius 3 is 2.22 bits per heavy atom. The lowest BCUT2D eigenvalue weighted by molar-refractivity contribution is -0.118. The zero-order valence-electron chi connectivity index (χ0n) is 10.4. The maximum atomic E-state index is 10.9. The van der Waals surface area contributed by atoms with Crippen LogP contribution in [-0.2, 0) is 4.79 Å². The molecule has 100 valence electrons. The van der Waals surface area contributed by atoms with Crippen molar-refractivity contribution in [3.8, 4) is 17.2 Å². The maximum Gasteiger partial charge on any atom is 0.235 e. The number of methoxy groups -OCH3 is 2. The first kappa shape index (κ1) is 14.4. The number of alkyl halides is 1. The fraction of sp³-hybridized carbons (Fsp3) is 0.417. The van der Waals surface area contributed by atoms with Gasteiger partial charge in [-0.1, -0.05) is 0 Å². The fourth-order valence-corrected chi connectivity index (χ4v) is 1.37. The first-order valence-corrected chi connectivity index (χ1v) is 5.91. The highest BCUT2D eigenvalue weighted by molar-refractivity contribution is 6.27. The van der Waals surface area contributed by atoms with Crippen LogP contribution < -0.4 is 19.5 Å². The van der Waals surface area contributed by atoms with Gasteiger partial charge in [0.15, 0.2) is 0 Å². The molecule has 0 fully saturated rings. The zero-order chi connectivity index (χ0) is 13.4. The second-order valence-corrected chi connectivity index (χ2v) is 3.65. The number of rotatable bonds is 7. The van der Waals surface area contributed by atoms with Gasteiger partial charge in [0.25, 0.3) is 0 Å². The van der Waals surface area contributed by atoms with Crippen LogP contribution in [-0.4, -0.2) is 39.2 Å². The minimum absolute atomic E-state index is 0.0486. The van der Waals surface area contributed by atoms with Crippen molar-refractivity contribution in [2.45, 2.75) is 0 Å². The highest BCUT2D eigenvalue weighted by atomic mass is 35.5. The van der Waals surface area contributed by atoms with Gasteiger partial charge in [0, 0.05) is 18.2 Å². The fourth-order valence-electron chi connectivity index (χ4n) is 1.27. The van der Waals surface area contributed by atoms with Crippen molar-refractivity contribution in [3.63, 3.8) is 0 Å².